The van der Waals surface area contributed by atoms with Crippen molar-refractivity contribution in [1.29, 1.82) is 0 Å². The van der Waals surface area contributed by atoms with Crippen LogP contribution in [0.2, 0.25) is 0 Å². The van der Waals surface area contributed by atoms with Crippen LogP contribution >= 0.6 is 0 Å². The topological polar surface area (TPSA) is 26.3 Å². The molecule has 0 N–H and O–H groups in total. The summed E-state index contributed by atoms with van der Waals surface area (Å²) in [5.41, 5.74) is 2.06. The highest BCUT2D eigenvalue weighted by molar-refractivity contribution is 5.91. The minimum absolute atomic E-state index is 0.0348. The molecule has 0 fully saturated rings. The minimum Gasteiger partial charge on any atom is -0.496 e. The first-order chi connectivity index (χ1) is 6.63. The maximum absolute atomic E-state index is 10.8. The molecule has 74 valence electrons. The van der Waals surface area contributed by atoms with Gasteiger partial charge in [0.2, 0.25) is 0 Å². The van der Waals surface area contributed by atoms with E-state index in [4.69, 9.17) is 4.74 Å². The summed E-state index contributed by atoms with van der Waals surface area (Å²) < 4.78 is 5.20. The summed E-state index contributed by atoms with van der Waals surface area (Å²) >= 11 is 0. The number of methoxy groups -OCH3 is 1. The lowest BCUT2D eigenvalue weighted by Crippen LogP contribution is -1.88. The van der Waals surface area contributed by atoms with Crippen LogP contribution in [0.3, 0.4) is 0 Å². The number of allylic oxidation sites excluding steroid dienone is 1. The van der Waals surface area contributed by atoms with E-state index >= 15 is 0 Å². The summed E-state index contributed by atoms with van der Waals surface area (Å²) in [7, 11) is 1.62. The first-order valence-corrected chi connectivity index (χ1v) is 4.47. The highest BCUT2D eigenvalue weighted by atomic mass is 16.5. The van der Waals surface area contributed by atoms with Crippen LogP contribution in [0, 0.1) is 6.92 Å². The Hall–Kier alpha value is -1.57. The zero-order valence-electron chi connectivity index (χ0n) is 8.70. The van der Waals surface area contributed by atoms with Gasteiger partial charge in [-0.1, -0.05) is 12.1 Å². The van der Waals surface area contributed by atoms with Crippen LogP contribution in [0.1, 0.15) is 18.1 Å². The number of hydrogen-bond donors (Lipinski definition) is 0. The molecule has 1 rings (SSSR count). The monoisotopic (exact) mass is 190 g/mol. The third kappa shape index (κ3) is 2.73. The second-order valence-corrected chi connectivity index (χ2v) is 3.19. The molecule has 14 heavy (non-hydrogen) atoms. The number of carbonyl (C=O) groups excluding carboxylic acids is 1. The quantitative estimate of drug-likeness (QED) is 0.685. The van der Waals surface area contributed by atoms with Crippen LogP contribution in [-0.4, -0.2) is 12.9 Å². The van der Waals surface area contributed by atoms with E-state index < -0.39 is 0 Å². The van der Waals surface area contributed by atoms with Crippen molar-refractivity contribution in [3.63, 3.8) is 0 Å². The van der Waals surface area contributed by atoms with Gasteiger partial charge in [-0.3, -0.25) is 4.79 Å². The fourth-order valence-corrected chi connectivity index (χ4v) is 1.16. The molecule has 0 saturated carbocycles. The number of ether oxygens (including phenoxy) is 1. The molecule has 0 aliphatic carbocycles. The van der Waals surface area contributed by atoms with Crippen molar-refractivity contribution in [2.75, 3.05) is 7.11 Å². The third-order valence-electron chi connectivity index (χ3n) is 1.89. The van der Waals surface area contributed by atoms with Gasteiger partial charge in [0.05, 0.1) is 7.11 Å². The molecule has 0 radical (unpaired) electrons. The number of ketones is 1. The first kappa shape index (κ1) is 10.5. The van der Waals surface area contributed by atoms with Crippen molar-refractivity contribution in [3.8, 4) is 5.75 Å². The van der Waals surface area contributed by atoms with Gasteiger partial charge in [-0.05, 0) is 37.6 Å². The summed E-state index contributed by atoms with van der Waals surface area (Å²) in [5.74, 6) is 0.829. The van der Waals surface area contributed by atoms with Crippen LogP contribution in [0.15, 0.2) is 24.3 Å². The van der Waals surface area contributed by atoms with Crippen molar-refractivity contribution >= 4 is 11.9 Å². The normalized spacial score (nSPS) is 10.5. The Morgan fingerprint density at radius 3 is 2.71 bits per heavy atom. The maximum Gasteiger partial charge on any atom is 0.152 e. The second kappa shape index (κ2) is 4.61. The van der Waals surface area contributed by atoms with E-state index in [1.807, 2.05) is 25.1 Å². The Kier molecular flexibility index (Phi) is 3.46. The molecule has 0 aliphatic rings. The molecule has 0 spiro atoms. The fraction of sp³-hybridized carbons (Fsp3) is 0.250. The molecule has 1 aromatic carbocycles. The van der Waals surface area contributed by atoms with Crippen LogP contribution in [-0.2, 0) is 4.79 Å². The number of aryl methyl sites for hydroxylation is 1. The molecular formula is C12H14O2. The molecule has 0 saturated heterocycles. The van der Waals surface area contributed by atoms with Crippen LogP contribution in [0.4, 0.5) is 0 Å². The van der Waals surface area contributed by atoms with E-state index in [0.717, 1.165) is 16.9 Å². The van der Waals surface area contributed by atoms with E-state index in [0.29, 0.717) is 0 Å². The molecule has 0 bridgehead atoms. The Balaban J connectivity index is 3.02. The first-order valence-electron chi connectivity index (χ1n) is 4.47. The molecule has 0 aromatic heterocycles. The summed E-state index contributed by atoms with van der Waals surface area (Å²) in [6.07, 6.45) is 3.30. The van der Waals surface area contributed by atoms with Crippen LogP contribution < -0.4 is 4.74 Å². The lowest BCUT2D eigenvalue weighted by molar-refractivity contribution is -0.112. The van der Waals surface area contributed by atoms with Gasteiger partial charge in [0.15, 0.2) is 5.78 Å². The molecule has 0 aliphatic heterocycles. The maximum atomic E-state index is 10.8. The second-order valence-electron chi connectivity index (χ2n) is 3.19. The molecule has 1 aromatic rings. The molecule has 2 nitrogen and oxygen atoms in total. The fourth-order valence-electron chi connectivity index (χ4n) is 1.16. The largest absolute Gasteiger partial charge is 0.496 e. The van der Waals surface area contributed by atoms with Gasteiger partial charge < -0.3 is 4.74 Å². The Labute approximate surface area is 84.2 Å². The zero-order valence-corrected chi connectivity index (χ0v) is 8.70. The minimum atomic E-state index is 0.0348. The van der Waals surface area contributed by atoms with Gasteiger partial charge in [0.25, 0.3) is 0 Å². The Morgan fingerprint density at radius 2 is 2.14 bits per heavy atom. The van der Waals surface area contributed by atoms with Gasteiger partial charge in [-0.2, -0.15) is 0 Å². The van der Waals surface area contributed by atoms with E-state index in [-0.39, 0.29) is 5.78 Å². The van der Waals surface area contributed by atoms with Gasteiger partial charge in [0, 0.05) is 5.56 Å². The average molecular weight is 190 g/mol. The lowest BCUT2D eigenvalue weighted by atomic mass is 10.1. The van der Waals surface area contributed by atoms with Crippen molar-refractivity contribution in [3.05, 3.63) is 35.4 Å². The predicted molar refractivity (Wildman–Crippen MR) is 57.4 cm³/mol. The molecule has 2 heteroatoms. The van der Waals surface area contributed by atoms with Gasteiger partial charge in [-0.15, -0.1) is 0 Å². The van der Waals surface area contributed by atoms with Crippen LogP contribution in [0.5, 0.6) is 5.75 Å². The van der Waals surface area contributed by atoms with E-state index in [9.17, 15) is 4.79 Å². The Bertz CT molecular complexity index is 365. The van der Waals surface area contributed by atoms with Crippen LogP contribution in [0.25, 0.3) is 6.08 Å². The third-order valence-corrected chi connectivity index (χ3v) is 1.89. The average Bonchev–Trinajstić information content (AvgIpc) is 2.15. The number of rotatable bonds is 3. The van der Waals surface area contributed by atoms with Gasteiger partial charge in [-0.25, -0.2) is 0 Å². The molecule has 0 amide bonds. The van der Waals surface area contributed by atoms with Crippen molar-refractivity contribution in [1.82, 2.24) is 0 Å². The zero-order chi connectivity index (χ0) is 10.6. The summed E-state index contributed by atoms with van der Waals surface area (Å²) in [4.78, 5) is 10.8. The van der Waals surface area contributed by atoms with Crippen molar-refractivity contribution in [2.24, 2.45) is 0 Å². The highest BCUT2D eigenvalue weighted by Crippen LogP contribution is 2.20. The summed E-state index contributed by atoms with van der Waals surface area (Å²) in [5, 5.41) is 0. The number of carbonyl (C=O) groups is 1. The van der Waals surface area contributed by atoms with Crippen molar-refractivity contribution in [2.45, 2.75) is 13.8 Å². The van der Waals surface area contributed by atoms with Crippen molar-refractivity contribution < 1.29 is 9.53 Å². The SMILES string of the molecule is COc1cc(C)ccc1C=CC(C)=O. The van der Waals surface area contributed by atoms with E-state index in [1.165, 1.54) is 13.0 Å². The molecular weight excluding hydrogens is 176 g/mol. The van der Waals surface area contributed by atoms with E-state index in [1.54, 1.807) is 13.2 Å². The van der Waals surface area contributed by atoms with E-state index in [2.05, 4.69) is 0 Å². The molecule has 0 atom stereocenters. The predicted octanol–water partition coefficient (Wildman–Crippen LogP) is 2.61. The number of benzene rings is 1. The smallest absolute Gasteiger partial charge is 0.152 e. The number of hydrogen-bond acceptors (Lipinski definition) is 2. The molecule has 0 heterocycles. The van der Waals surface area contributed by atoms with Gasteiger partial charge in [0.1, 0.15) is 5.75 Å². The van der Waals surface area contributed by atoms with Gasteiger partial charge >= 0.3 is 0 Å². The Morgan fingerprint density at radius 1 is 1.43 bits per heavy atom. The lowest BCUT2D eigenvalue weighted by Gasteiger charge is -2.05. The summed E-state index contributed by atoms with van der Waals surface area (Å²) in [6.45, 7) is 3.53. The molecule has 0 unspecified atom stereocenters. The summed E-state index contributed by atoms with van der Waals surface area (Å²) in [6, 6.07) is 5.87. The highest BCUT2D eigenvalue weighted by Gasteiger charge is 1.99. The standard InChI is InChI=1S/C12H14O2/c1-9-4-6-11(7-5-10(2)13)12(8-9)14-3/h4-8H,1-3H3.